The fourth-order valence-corrected chi connectivity index (χ4v) is 4.29. The van der Waals surface area contributed by atoms with Crippen LogP contribution in [0.25, 0.3) is 0 Å². The van der Waals surface area contributed by atoms with Gasteiger partial charge in [0.05, 0.1) is 13.1 Å². The Balaban J connectivity index is 3.32. The van der Waals surface area contributed by atoms with Crippen LogP contribution in [0, 0.1) is 0 Å². The molecule has 0 aromatic rings. The molecule has 38 heavy (non-hydrogen) atoms. The van der Waals surface area contributed by atoms with Gasteiger partial charge in [-0.1, -0.05) is 0 Å². The zero-order valence-electron chi connectivity index (χ0n) is 21.0. The van der Waals surface area contributed by atoms with Crippen LogP contribution in [0.15, 0.2) is 0 Å². The van der Waals surface area contributed by atoms with E-state index in [1.165, 1.54) is 19.6 Å². The first-order chi connectivity index (χ1) is 17.8. The molecule has 216 valence electrons. The Hall–Kier alpha value is -3.34. The molecule has 16 heteroatoms. The van der Waals surface area contributed by atoms with Gasteiger partial charge >= 0.3 is 35.8 Å². The minimum atomic E-state index is -1.29. The minimum absolute atomic E-state index is 0.0174. The normalized spacial score (nSPS) is 18.9. The molecule has 1 fully saturated rings. The molecule has 0 aromatic carbocycles. The van der Waals surface area contributed by atoms with E-state index in [2.05, 4.69) is 0 Å². The molecular weight excluding hydrogens is 512 g/mol. The highest BCUT2D eigenvalue weighted by atomic mass is 16.4. The van der Waals surface area contributed by atoms with Gasteiger partial charge in [-0.05, 0) is 12.8 Å². The summed E-state index contributed by atoms with van der Waals surface area (Å²) in [5, 5.41) is 56.2. The second-order valence-electron chi connectivity index (χ2n) is 8.98. The summed E-state index contributed by atoms with van der Waals surface area (Å²) in [6.45, 7) is -0.401. The molecule has 1 aliphatic heterocycles. The second kappa shape index (κ2) is 16.5. The van der Waals surface area contributed by atoms with Crippen LogP contribution in [0.5, 0.6) is 0 Å². The highest BCUT2D eigenvalue weighted by Gasteiger charge is 2.31. The van der Waals surface area contributed by atoms with E-state index >= 15 is 0 Å². The third-order valence-corrected chi connectivity index (χ3v) is 6.25. The molecule has 1 rings (SSSR count). The van der Waals surface area contributed by atoms with Crippen LogP contribution in [0.1, 0.15) is 25.7 Å². The Bertz CT molecular complexity index is 786. The largest absolute Gasteiger partial charge is 0.481 e. The van der Waals surface area contributed by atoms with Crippen LogP contribution >= 0.6 is 0 Å². The van der Waals surface area contributed by atoms with Gasteiger partial charge in [-0.25, -0.2) is 0 Å². The van der Waals surface area contributed by atoms with Crippen molar-refractivity contribution in [1.82, 2.24) is 19.6 Å². The van der Waals surface area contributed by atoms with E-state index in [4.69, 9.17) is 10.2 Å². The maximum Gasteiger partial charge on any atom is 0.320 e. The smallest absolute Gasteiger partial charge is 0.320 e. The number of hydrogen-bond donors (Lipinski definition) is 6. The molecule has 1 saturated heterocycles. The van der Waals surface area contributed by atoms with E-state index in [0.717, 1.165) is 0 Å². The van der Waals surface area contributed by atoms with Crippen molar-refractivity contribution in [2.24, 2.45) is 0 Å². The van der Waals surface area contributed by atoms with Crippen LogP contribution < -0.4 is 0 Å². The van der Waals surface area contributed by atoms with E-state index in [0.29, 0.717) is 0 Å². The van der Waals surface area contributed by atoms with Crippen molar-refractivity contribution in [3.8, 4) is 0 Å². The first-order valence-corrected chi connectivity index (χ1v) is 12.1. The minimum Gasteiger partial charge on any atom is -0.481 e. The summed E-state index contributed by atoms with van der Waals surface area (Å²) < 4.78 is 0. The lowest BCUT2D eigenvalue weighted by Gasteiger charge is -2.37. The molecule has 2 atom stereocenters. The zero-order chi connectivity index (χ0) is 28.8. The molecule has 0 spiro atoms. The number of carboxylic acid groups (broad SMARTS) is 6. The molecule has 1 aliphatic rings. The molecule has 6 N–H and O–H groups in total. The Morgan fingerprint density at radius 1 is 0.474 bits per heavy atom. The van der Waals surface area contributed by atoms with Gasteiger partial charge in [0.25, 0.3) is 0 Å². The number of nitrogens with zero attached hydrogens (tertiary/aromatic N) is 4. The van der Waals surface area contributed by atoms with Gasteiger partial charge in [-0.2, -0.15) is 0 Å². The second-order valence-corrected chi connectivity index (χ2v) is 8.98. The van der Waals surface area contributed by atoms with Crippen molar-refractivity contribution >= 4 is 35.8 Å². The Morgan fingerprint density at radius 2 is 0.763 bits per heavy atom. The number of rotatable bonds is 14. The number of carboxylic acids is 6. The molecular formula is C22H36N4O12. The van der Waals surface area contributed by atoms with E-state index in [-0.39, 0.29) is 78.3 Å². The van der Waals surface area contributed by atoms with Crippen molar-refractivity contribution in [3.05, 3.63) is 0 Å². The van der Waals surface area contributed by atoms with Crippen LogP contribution in [0.4, 0.5) is 0 Å². The van der Waals surface area contributed by atoms with Crippen molar-refractivity contribution in [2.75, 3.05) is 65.4 Å². The standard InChI is InChI=1S/C22H36N4O12/c27-17(28)3-1-15(21(35)36)25-9-7-23(13-19(31)32)5-6-24(14-20(33)34)8-10-26(12-11-25)16(22(37)38)2-4-18(29)30/h15-16H,1-14H2,(H,27,28)(H,29,30)(H,31,32)(H,33,34)(H,35,36)(H,37,38). The summed E-state index contributed by atoms with van der Waals surface area (Å²) in [5.74, 6) is -7.24. The SMILES string of the molecule is O=C(O)CCC(C(=O)O)N1CCN(CC(=O)O)CCN(CC(=O)O)CCN(C(CCC(=O)O)C(=O)O)CC1. The molecule has 0 aromatic heterocycles. The quantitative estimate of drug-likeness (QED) is 0.138. The Labute approximate surface area is 218 Å². The highest BCUT2D eigenvalue weighted by Crippen LogP contribution is 2.14. The fourth-order valence-electron chi connectivity index (χ4n) is 4.29. The molecule has 0 bridgehead atoms. The summed E-state index contributed by atoms with van der Waals surface area (Å²) in [6.07, 6.45) is -1.35. The van der Waals surface area contributed by atoms with E-state index < -0.39 is 60.7 Å². The monoisotopic (exact) mass is 548 g/mol. The topological polar surface area (TPSA) is 237 Å². The Kier molecular flexibility index (Phi) is 14.2. The van der Waals surface area contributed by atoms with Gasteiger partial charge < -0.3 is 30.6 Å². The van der Waals surface area contributed by atoms with Gasteiger partial charge in [0.2, 0.25) is 0 Å². The third-order valence-electron chi connectivity index (χ3n) is 6.25. The Morgan fingerprint density at radius 3 is 1.03 bits per heavy atom. The molecule has 16 nitrogen and oxygen atoms in total. The highest BCUT2D eigenvalue weighted by molar-refractivity contribution is 5.76. The molecule has 0 amide bonds. The van der Waals surface area contributed by atoms with E-state index in [9.17, 15) is 49.2 Å². The lowest BCUT2D eigenvalue weighted by atomic mass is 10.1. The molecule has 0 saturated carbocycles. The van der Waals surface area contributed by atoms with Crippen LogP contribution in [0.3, 0.4) is 0 Å². The van der Waals surface area contributed by atoms with Crippen LogP contribution in [0.2, 0.25) is 0 Å². The average molecular weight is 549 g/mol. The maximum absolute atomic E-state index is 12.0. The summed E-state index contributed by atoms with van der Waals surface area (Å²) in [5.41, 5.74) is 0. The summed E-state index contributed by atoms with van der Waals surface area (Å²) in [7, 11) is 0. The molecule has 2 unspecified atom stereocenters. The van der Waals surface area contributed by atoms with Crippen LogP contribution in [-0.4, -0.2) is 164 Å². The van der Waals surface area contributed by atoms with E-state index in [1.54, 1.807) is 0 Å². The van der Waals surface area contributed by atoms with Gasteiger partial charge in [-0.15, -0.1) is 0 Å². The average Bonchev–Trinajstić information content (AvgIpc) is 2.78. The zero-order valence-corrected chi connectivity index (χ0v) is 21.0. The third kappa shape index (κ3) is 12.8. The lowest BCUT2D eigenvalue weighted by molar-refractivity contribution is -0.148. The molecule has 1 heterocycles. The van der Waals surface area contributed by atoms with Crippen molar-refractivity contribution in [1.29, 1.82) is 0 Å². The van der Waals surface area contributed by atoms with Crippen LogP contribution in [-0.2, 0) is 28.8 Å². The number of aliphatic carboxylic acids is 6. The predicted molar refractivity (Wildman–Crippen MR) is 128 cm³/mol. The van der Waals surface area contributed by atoms with Crippen molar-refractivity contribution in [2.45, 2.75) is 37.8 Å². The predicted octanol–water partition coefficient (Wildman–Crippen LogP) is -1.99. The number of hydrogen-bond acceptors (Lipinski definition) is 10. The molecule has 0 radical (unpaired) electrons. The van der Waals surface area contributed by atoms with Gasteiger partial charge in [0.1, 0.15) is 12.1 Å². The first-order valence-electron chi connectivity index (χ1n) is 12.1. The maximum atomic E-state index is 12.0. The molecule has 0 aliphatic carbocycles. The number of carbonyl (C=O) groups is 6. The fraction of sp³-hybridized carbons (Fsp3) is 0.727. The van der Waals surface area contributed by atoms with Crippen molar-refractivity contribution in [3.63, 3.8) is 0 Å². The summed E-state index contributed by atoms with van der Waals surface area (Å²) in [4.78, 5) is 74.9. The van der Waals surface area contributed by atoms with E-state index in [1.807, 2.05) is 0 Å². The lowest BCUT2D eigenvalue weighted by Crippen LogP contribution is -2.53. The van der Waals surface area contributed by atoms with Gasteiger partial charge in [0, 0.05) is 65.2 Å². The first kappa shape index (κ1) is 32.7. The summed E-state index contributed by atoms with van der Waals surface area (Å²) in [6, 6.07) is -2.48. The van der Waals surface area contributed by atoms with Crippen molar-refractivity contribution < 1.29 is 59.4 Å². The summed E-state index contributed by atoms with van der Waals surface area (Å²) >= 11 is 0. The van der Waals surface area contributed by atoms with Gasteiger partial charge in [-0.3, -0.25) is 48.4 Å². The van der Waals surface area contributed by atoms with Gasteiger partial charge in [0.15, 0.2) is 0 Å².